The molecule has 1 N–H and O–H groups in total. The van der Waals surface area contributed by atoms with Gasteiger partial charge in [0.15, 0.2) is 0 Å². The lowest BCUT2D eigenvalue weighted by molar-refractivity contribution is -0.134. The van der Waals surface area contributed by atoms with Gasteiger partial charge in [-0.3, -0.25) is 0 Å². The second-order valence-corrected chi connectivity index (χ2v) is 17.2. The fraction of sp³-hybridized carbons (Fsp3) is 0.500. The summed E-state index contributed by atoms with van der Waals surface area (Å²) in [5.41, 5.74) is 1.22. The molecule has 13 nitrogen and oxygen atoms in total. The van der Waals surface area contributed by atoms with Crippen LogP contribution in [0.1, 0.15) is 22.8 Å². The molecule has 0 amide bonds. The molecular weight excluding hydrogens is 649 g/mol. The molecule has 1 heterocycles. The molecule has 3 unspecified atom stereocenters. The van der Waals surface area contributed by atoms with E-state index >= 15 is 0 Å². The smallest absolute Gasteiger partial charge is 0.493 e. The van der Waals surface area contributed by atoms with Crippen LogP contribution in [0.25, 0.3) is 6.08 Å². The molecule has 3 rings (SSSR count). The molecule has 0 aliphatic carbocycles. The van der Waals surface area contributed by atoms with Crippen molar-refractivity contribution in [2.75, 3.05) is 68.6 Å². The molecule has 262 valence electrons. The van der Waals surface area contributed by atoms with Gasteiger partial charge in [0.2, 0.25) is 0 Å². The molecule has 15 heteroatoms. The normalized spacial score (nSPS) is 16.0. The number of carbonyl (C=O) groups excluding carboxylic acids is 2. The highest BCUT2D eigenvalue weighted by Gasteiger charge is 2.47. The van der Waals surface area contributed by atoms with E-state index in [9.17, 15) is 14.7 Å². The lowest BCUT2D eigenvalue weighted by Crippen LogP contribution is -2.55. The number of hydrogen-bond donors (Lipinski definition) is 1. The first-order valence-electron chi connectivity index (χ1n) is 15.0. The molecule has 1 aliphatic rings. The average Bonchev–Trinajstić information content (AvgIpc) is 3.92. The maximum Gasteiger partial charge on any atom is 0.493 e. The summed E-state index contributed by atoms with van der Waals surface area (Å²) in [5, 5.41) is 9.23. The summed E-state index contributed by atoms with van der Waals surface area (Å²) in [5.74, 6) is 0.204. The standard InChI is InChI=1S/C18H16O5.C14H32O8Si2/c1-21-15-10-6-14(7-11-15)18(20)23-16-8-3-13(4-9-16)5-12-17(19)22-2;1-13(15)10-19-6-8-23(5,16-2)22-24(17-3,18-4)9-7-20-11-14-12-21-14/h3-12H,1-2H3;13-15H,6-12H2,1-5H3. The van der Waals surface area contributed by atoms with E-state index in [1.807, 2.05) is 6.55 Å². The van der Waals surface area contributed by atoms with Crippen molar-refractivity contribution in [3.8, 4) is 11.5 Å². The maximum absolute atomic E-state index is 12.0. The summed E-state index contributed by atoms with van der Waals surface area (Å²) in [6.07, 6.45) is 2.68. The average molecular weight is 697 g/mol. The molecule has 3 atom stereocenters. The third kappa shape index (κ3) is 15.7. The number of methoxy groups -OCH3 is 2. The van der Waals surface area contributed by atoms with Crippen molar-refractivity contribution < 1.29 is 60.5 Å². The lowest BCUT2D eigenvalue weighted by Gasteiger charge is -2.35. The van der Waals surface area contributed by atoms with Gasteiger partial charge in [-0.05, 0) is 61.5 Å². The van der Waals surface area contributed by atoms with Crippen molar-refractivity contribution in [2.24, 2.45) is 0 Å². The number of benzene rings is 2. The number of epoxide rings is 1. The first-order valence-corrected chi connectivity index (χ1v) is 19.5. The molecule has 1 saturated heterocycles. The van der Waals surface area contributed by atoms with E-state index in [2.05, 4.69) is 4.74 Å². The summed E-state index contributed by atoms with van der Waals surface area (Å²) in [4.78, 5) is 23.0. The largest absolute Gasteiger partial charge is 0.497 e. The van der Waals surface area contributed by atoms with E-state index < -0.39 is 35.4 Å². The predicted molar refractivity (Wildman–Crippen MR) is 178 cm³/mol. The van der Waals surface area contributed by atoms with E-state index in [4.69, 9.17) is 41.1 Å². The number of ether oxygens (including phenoxy) is 6. The van der Waals surface area contributed by atoms with Crippen molar-refractivity contribution in [3.63, 3.8) is 0 Å². The second-order valence-electron chi connectivity index (χ2n) is 10.5. The zero-order chi connectivity index (χ0) is 34.7. The van der Waals surface area contributed by atoms with Gasteiger partial charge in [0.25, 0.3) is 0 Å². The van der Waals surface area contributed by atoms with Crippen molar-refractivity contribution >= 4 is 35.4 Å². The van der Waals surface area contributed by atoms with Crippen molar-refractivity contribution in [1.82, 2.24) is 0 Å². The van der Waals surface area contributed by atoms with Gasteiger partial charge >= 0.3 is 29.3 Å². The van der Waals surface area contributed by atoms with Crippen LogP contribution < -0.4 is 9.47 Å². The first kappa shape index (κ1) is 40.2. The molecule has 0 aromatic heterocycles. The van der Waals surface area contributed by atoms with E-state index in [1.165, 1.54) is 13.2 Å². The van der Waals surface area contributed by atoms with Crippen LogP contribution >= 0.6 is 0 Å². The number of aliphatic hydroxyl groups is 1. The van der Waals surface area contributed by atoms with Crippen LogP contribution in [0, 0.1) is 0 Å². The molecule has 0 saturated carbocycles. The Morgan fingerprint density at radius 1 is 0.915 bits per heavy atom. The lowest BCUT2D eigenvalue weighted by atomic mass is 10.2. The van der Waals surface area contributed by atoms with Gasteiger partial charge in [-0.1, -0.05) is 12.1 Å². The predicted octanol–water partition coefficient (Wildman–Crippen LogP) is 3.87. The van der Waals surface area contributed by atoms with Gasteiger partial charge in [0.05, 0.1) is 52.3 Å². The summed E-state index contributed by atoms with van der Waals surface area (Å²) in [7, 11) is 2.30. The Morgan fingerprint density at radius 2 is 1.53 bits per heavy atom. The second kappa shape index (κ2) is 21.1. The van der Waals surface area contributed by atoms with Crippen molar-refractivity contribution in [3.05, 3.63) is 65.7 Å². The molecule has 2 aromatic rings. The third-order valence-electron chi connectivity index (χ3n) is 6.77. The first-order chi connectivity index (χ1) is 22.5. The monoisotopic (exact) mass is 696 g/mol. The Hall–Kier alpha value is -2.97. The van der Waals surface area contributed by atoms with Crippen LogP contribution in [-0.4, -0.2) is 115 Å². The van der Waals surface area contributed by atoms with Crippen LogP contribution in [0.15, 0.2) is 54.6 Å². The number of esters is 2. The molecule has 0 spiro atoms. The molecule has 0 radical (unpaired) electrons. The van der Waals surface area contributed by atoms with E-state index in [1.54, 1.807) is 90.0 Å². The molecule has 2 aromatic carbocycles. The fourth-order valence-corrected chi connectivity index (χ4v) is 9.94. The Morgan fingerprint density at radius 3 is 2.06 bits per heavy atom. The zero-order valence-corrected chi connectivity index (χ0v) is 30.2. The fourth-order valence-electron chi connectivity index (χ4n) is 3.81. The number of hydrogen-bond acceptors (Lipinski definition) is 13. The van der Waals surface area contributed by atoms with Gasteiger partial charge in [0, 0.05) is 46.1 Å². The highest BCUT2D eigenvalue weighted by atomic mass is 28.5. The quantitative estimate of drug-likeness (QED) is 0.0534. The van der Waals surface area contributed by atoms with Gasteiger partial charge < -0.3 is 50.9 Å². The molecule has 1 aliphatic heterocycles. The van der Waals surface area contributed by atoms with Crippen molar-refractivity contribution in [2.45, 2.75) is 37.8 Å². The summed E-state index contributed by atoms with van der Waals surface area (Å²) < 4.78 is 54.1. The Bertz CT molecular complexity index is 1220. The van der Waals surface area contributed by atoms with Gasteiger partial charge in [-0.25, -0.2) is 9.59 Å². The minimum Gasteiger partial charge on any atom is -0.497 e. The van der Waals surface area contributed by atoms with E-state index in [-0.39, 0.29) is 6.10 Å². The minimum absolute atomic E-state index is 0.233. The summed E-state index contributed by atoms with van der Waals surface area (Å²) in [6.45, 7) is 6.23. The molecule has 1 fully saturated rings. The van der Waals surface area contributed by atoms with Crippen LogP contribution in [0.3, 0.4) is 0 Å². The molecule has 0 bridgehead atoms. The number of carbonyl (C=O) groups is 2. The third-order valence-corrected chi connectivity index (χ3v) is 13.8. The van der Waals surface area contributed by atoms with Crippen LogP contribution in [0.4, 0.5) is 0 Å². The van der Waals surface area contributed by atoms with Crippen LogP contribution in [-0.2, 0) is 41.1 Å². The Balaban J connectivity index is 0.000000327. The minimum atomic E-state index is -2.87. The highest BCUT2D eigenvalue weighted by molar-refractivity contribution is 6.77. The van der Waals surface area contributed by atoms with Gasteiger partial charge in [0.1, 0.15) is 17.6 Å². The Kier molecular flexibility index (Phi) is 18.0. The van der Waals surface area contributed by atoms with Crippen molar-refractivity contribution in [1.29, 1.82) is 0 Å². The summed E-state index contributed by atoms with van der Waals surface area (Å²) >= 11 is 0. The molecule has 47 heavy (non-hydrogen) atoms. The van der Waals surface area contributed by atoms with Gasteiger partial charge in [-0.2, -0.15) is 0 Å². The van der Waals surface area contributed by atoms with Crippen LogP contribution in [0.2, 0.25) is 18.6 Å². The number of rotatable bonds is 20. The van der Waals surface area contributed by atoms with E-state index in [0.29, 0.717) is 55.6 Å². The Labute approximate surface area is 279 Å². The van der Waals surface area contributed by atoms with Gasteiger partial charge in [-0.15, -0.1) is 0 Å². The van der Waals surface area contributed by atoms with E-state index in [0.717, 1.165) is 12.2 Å². The van der Waals surface area contributed by atoms with Crippen LogP contribution in [0.5, 0.6) is 11.5 Å². The number of aliphatic hydroxyl groups excluding tert-OH is 1. The SMILES string of the molecule is COC(=O)C=Cc1ccc(OC(=O)c2ccc(OC)cc2)cc1.CO[Si](C)(CCOCC(C)O)O[Si](CCOCC1CO1)(OC)OC. The zero-order valence-electron chi connectivity index (χ0n) is 28.2. The highest BCUT2D eigenvalue weighted by Crippen LogP contribution is 2.24. The topological polar surface area (TPSA) is 150 Å². The molecular formula is C32H48O13Si2. The maximum atomic E-state index is 12.0. The summed E-state index contributed by atoms with van der Waals surface area (Å²) in [6, 6.07) is 14.6.